The van der Waals surface area contributed by atoms with Gasteiger partial charge in [0, 0.05) is 124 Å². The number of amides is 4. The van der Waals surface area contributed by atoms with Crippen molar-refractivity contribution in [2.45, 2.75) is 323 Å². The molecule has 0 aromatic heterocycles. The van der Waals surface area contributed by atoms with Crippen molar-refractivity contribution in [3.8, 4) is 0 Å². The first-order valence-corrected chi connectivity index (χ1v) is 43.8. The predicted octanol–water partition coefficient (Wildman–Crippen LogP) is -0.492. The number of hydrogen-bond acceptors (Lipinski definition) is 37. The van der Waals surface area contributed by atoms with E-state index >= 15 is 0 Å². The van der Waals surface area contributed by atoms with Crippen LogP contribution in [0.25, 0.3) is 0 Å². The van der Waals surface area contributed by atoms with Crippen LogP contribution in [-0.2, 0) is 158 Å². The van der Waals surface area contributed by atoms with Crippen LogP contribution in [0.4, 0.5) is 0 Å². The minimum Gasteiger partial charge on any atom is -0.550 e. The largest absolute Gasteiger partial charge is 1.00 e. The molecule has 0 aliphatic carbocycles. The van der Waals surface area contributed by atoms with Crippen molar-refractivity contribution in [1.29, 1.82) is 0 Å². The average Bonchev–Trinajstić information content (AvgIpc) is 1.60. The number of ether oxygens (including phenoxy) is 9. The number of Topliss-reactive ketones (excluding diaryl/α,β-unsaturated/α-hetero) is 4. The van der Waals surface area contributed by atoms with Gasteiger partial charge in [0.15, 0.2) is 0 Å². The molecule has 5 rings (SSSR count). The maximum atomic E-state index is 13.0. The van der Waals surface area contributed by atoms with Crippen molar-refractivity contribution in [3.05, 3.63) is 0 Å². The summed E-state index contributed by atoms with van der Waals surface area (Å²) < 4.78 is 44.7. The maximum absolute atomic E-state index is 13.0. The molecule has 0 saturated carbocycles. The number of quaternary nitrogens is 2. The Hall–Kier alpha value is -9.80. The van der Waals surface area contributed by atoms with E-state index in [1.54, 1.807) is 39.5 Å². The van der Waals surface area contributed by atoms with Gasteiger partial charge in [-0.2, -0.15) is 0 Å². The number of nitrogens with zero attached hydrogens (tertiary/aromatic N) is 4. The number of likely N-dealkylation sites (tertiary alicyclic amines) is 4. The molecule has 0 aromatic rings. The third-order valence-electron chi connectivity index (χ3n) is 24.6. The van der Waals surface area contributed by atoms with Crippen molar-refractivity contribution in [1.82, 2.24) is 31.9 Å². The molecule has 5 aliphatic rings. The molecule has 5 saturated heterocycles. The molecule has 0 aromatic carbocycles. The van der Waals surface area contributed by atoms with Crippen LogP contribution in [0.3, 0.4) is 0 Å². The van der Waals surface area contributed by atoms with Crippen LogP contribution in [0.1, 0.15) is 299 Å². The summed E-state index contributed by atoms with van der Waals surface area (Å²) in [7, 11) is 0. The number of ketones is 4. The monoisotopic (exact) mass is 2070 g/mol. The van der Waals surface area contributed by atoms with E-state index in [4.69, 9.17) is 42.6 Å². The first-order valence-electron chi connectivity index (χ1n) is 43.8. The van der Waals surface area contributed by atoms with Gasteiger partial charge in [0.2, 0.25) is 23.6 Å². The molecule has 143 heavy (non-hydrogen) atoms. The molecule has 0 bridgehead atoms. The van der Waals surface area contributed by atoms with Crippen LogP contribution < -0.4 is 91.8 Å². The van der Waals surface area contributed by atoms with E-state index in [-0.39, 0.29) is 289 Å². The number of aliphatic carboxylic acids is 6. The van der Waals surface area contributed by atoms with Gasteiger partial charge in [0.05, 0.1) is 45.3 Å². The molecule has 47 heteroatoms. The summed E-state index contributed by atoms with van der Waals surface area (Å²) in [5.74, 6) is -33.1. The van der Waals surface area contributed by atoms with Gasteiger partial charge in [-0.05, 0) is 132 Å². The molecule has 0 spiro atoms. The van der Waals surface area contributed by atoms with Crippen molar-refractivity contribution in [2.24, 2.45) is 69.0 Å². The number of carbonyl (C=O) groups excluding carboxylic acids is 22. The first-order chi connectivity index (χ1) is 61.3. The number of carbonyl (C=O) groups is 24. The van der Waals surface area contributed by atoms with E-state index in [0.717, 1.165) is 0 Å². The average molecular weight is 2070 g/mol. The van der Waals surface area contributed by atoms with E-state index in [2.05, 4.69) is 0 Å². The second-order valence-corrected chi connectivity index (χ2v) is 33.4. The van der Waals surface area contributed by atoms with Gasteiger partial charge >= 0.3 is 131 Å². The fraction of sp³-hybridized carbons (Fsp3) is 0.750. The van der Waals surface area contributed by atoms with Crippen molar-refractivity contribution in [2.75, 3.05) is 79.0 Å². The molecule has 10 N–H and O–H groups in total. The summed E-state index contributed by atoms with van der Waals surface area (Å²) in [6, 6.07) is -3.46. The Bertz CT molecular complexity index is 3880. The zero-order valence-electron chi connectivity index (χ0n) is 81.3. The molecule has 16 unspecified atom stereocenters. The molecular formula is C96H166N6Na2O39. The Kier molecular flexibility index (Phi) is 80.8. The van der Waals surface area contributed by atoms with Gasteiger partial charge in [0.1, 0.15) is 102 Å². The van der Waals surface area contributed by atoms with Crippen molar-refractivity contribution >= 4 is 142 Å². The molecule has 4 amide bonds. The van der Waals surface area contributed by atoms with E-state index < -0.39 is 233 Å². The quantitative estimate of drug-likeness (QED) is 0.0196. The van der Waals surface area contributed by atoms with Crippen LogP contribution >= 0.6 is 0 Å². The van der Waals surface area contributed by atoms with Crippen LogP contribution in [0.15, 0.2) is 0 Å². The van der Waals surface area contributed by atoms with Crippen LogP contribution in [0.5, 0.6) is 0 Å². The number of esters is 10. The second kappa shape index (κ2) is 74.1. The number of carboxylic acid groups (broad SMARTS) is 6. The van der Waals surface area contributed by atoms with Gasteiger partial charge in [-0.25, -0.2) is 0 Å². The Labute approximate surface area is 886 Å². The molecule has 816 valence electrons. The number of carboxylic acids is 6. The third kappa shape index (κ3) is 43.8. The van der Waals surface area contributed by atoms with Gasteiger partial charge in [0.25, 0.3) is 0 Å². The van der Waals surface area contributed by atoms with E-state index in [1.165, 1.54) is 83.9 Å². The minimum atomic E-state index is -1.85. The summed E-state index contributed by atoms with van der Waals surface area (Å²) in [5, 5.41) is 68.6. The van der Waals surface area contributed by atoms with Gasteiger partial charge < -0.3 is 124 Å². The smallest absolute Gasteiger partial charge is 0.550 e. The summed E-state index contributed by atoms with van der Waals surface area (Å²) in [6.45, 7) is 21.8. The number of cyclic esters (lactones) is 2. The standard InChI is InChI=1S/3C22H33NO10.C22H31NO9.8CH4.2H3N.2Na/c3*1-5-14(23-9-7-8-15(23)25)17(19(27)28)18(20(29)30)22(4,6-2)21(31)33-11-10-32-16(26)12-13(3)24;1-5-14(23-9-7-8-15(23)25)17-18(20(28)32-19(17)27)22(4,6-2)21(29)31-11-10-30-16(26)12-13(3)24;;;;;;;;;;;;/h3*14,17-18H,5-12H2,1-4H3,(H,27,28)(H,29,30);14,17-18H,5-12H2,1-4H3;8*1H4;2*1H3;;/q;;;;;;;;;;;;;;2*+1/p-2. The van der Waals surface area contributed by atoms with E-state index in [9.17, 15) is 146 Å². The summed E-state index contributed by atoms with van der Waals surface area (Å²) in [5.41, 5.74) is -6.77. The molecule has 0 radical (unpaired) electrons. The number of hydrogen-bond donors (Lipinski definition) is 4. The van der Waals surface area contributed by atoms with Crippen molar-refractivity contribution in [3.63, 3.8) is 0 Å². The normalized spacial score (nSPS) is 17.8. The fourth-order valence-electron chi connectivity index (χ4n) is 17.1. The molecular weight excluding hydrogens is 1910 g/mol. The molecule has 16 atom stereocenters. The number of rotatable bonds is 53. The third-order valence-corrected chi connectivity index (χ3v) is 24.6. The van der Waals surface area contributed by atoms with Gasteiger partial charge in [-0.3, -0.25) is 95.9 Å². The molecule has 5 heterocycles. The summed E-state index contributed by atoms with van der Waals surface area (Å²) in [4.78, 5) is 294. The minimum absolute atomic E-state index is 0. The zero-order valence-corrected chi connectivity index (χ0v) is 85.3. The SMILES string of the molecule is C.C.C.C.C.C.C.C.CCC(C(C(=O)O)C(C(=O)O)C(C)(CC)C(=O)OCCOC(=O)CC(C)=O)N1CCCC1=O.CCC(C(C(=O)[O-])C(C(=O)[O-])C(C)(CC)C(=O)OCCOC(=O)CC(C)=O)N1CCCC1=O.CCC(C(C(=O)[O-])C(C(=O)[O-])C(C)(CC)C(=O)OCCOC(=O)CC(C)=O)N1CCCC1=O.CCC(C1C(=O)OC(=O)C1C(C)(CC)C(=O)OCCOC(=O)CC(C)=O)N1CCCC1=O.[NH4+].[NH4+].[Na+].[Na+]. The maximum Gasteiger partial charge on any atom is 1.00 e. The van der Waals surface area contributed by atoms with Gasteiger partial charge in [-0.1, -0.05) is 115 Å². The Morgan fingerprint density at radius 2 is 0.587 bits per heavy atom. The second-order valence-electron chi connectivity index (χ2n) is 33.4. The topological polar surface area (TPSA) is 711 Å². The van der Waals surface area contributed by atoms with Crippen molar-refractivity contribution < 1.29 is 247 Å². The zero-order chi connectivity index (χ0) is 100. The Morgan fingerprint density at radius 1 is 0.343 bits per heavy atom. The van der Waals surface area contributed by atoms with Gasteiger partial charge in [-0.15, -0.1) is 0 Å². The molecule has 5 aliphatic heterocycles. The molecule has 5 fully saturated rings. The molecule has 45 nitrogen and oxygen atoms in total. The summed E-state index contributed by atoms with van der Waals surface area (Å²) in [6.07, 6.45) is 2.50. The van der Waals surface area contributed by atoms with E-state index in [1.807, 2.05) is 6.92 Å². The summed E-state index contributed by atoms with van der Waals surface area (Å²) >= 11 is 0. The van der Waals surface area contributed by atoms with Crippen LogP contribution in [0.2, 0.25) is 0 Å². The first kappa shape index (κ1) is 156. The fourth-order valence-corrected chi connectivity index (χ4v) is 17.1. The van der Waals surface area contributed by atoms with E-state index in [0.29, 0.717) is 51.6 Å². The Balaban J connectivity index is -0.000000176. The predicted molar refractivity (Wildman–Crippen MR) is 503 cm³/mol. The van der Waals surface area contributed by atoms with Crippen LogP contribution in [0, 0.1) is 69.0 Å². The van der Waals surface area contributed by atoms with Crippen LogP contribution in [-0.4, -0.2) is 275 Å². The Morgan fingerprint density at radius 3 is 0.790 bits per heavy atom.